The lowest BCUT2D eigenvalue weighted by Gasteiger charge is -2.35. The third-order valence-corrected chi connectivity index (χ3v) is 5.15. The molecule has 0 aliphatic carbocycles. The summed E-state index contributed by atoms with van der Waals surface area (Å²) in [6.07, 6.45) is 6.04. The number of carbonyl (C=O) groups is 2. The Morgan fingerprint density at radius 3 is 2.41 bits per heavy atom. The van der Waals surface area contributed by atoms with Gasteiger partial charge in [-0.1, -0.05) is 20.3 Å². The molecule has 1 aliphatic rings. The minimum Gasteiger partial charge on any atom is -0.325 e. The molecule has 1 aromatic heterocycles. The molecule has 2 heterocycles. The maximum Gasteiger partial charge on any atom is 0.249 e. The molecule has 29 heavy (non-hydrogen) atoms. The van der Waals surface area contributed by atoms with Gasteiger partial charge in [0, 0.05) is 17.9 Å². The summed E-state index contributed by atoms with van der Waals surface area (Å²) >= 11 is 0. The van der Waals surface area contributed by atoms with Crippen molar-refractivity contribution in [2.24, 2.45) is 5.92 Å². The molecule has 8 nitrogen and oxygen atoms in total. The number of nitrogens with zero attached hydrogens (tertiary/aromatic N) is 4. The Hall–Kier alpha value is -2.74. The summed E-state index contributed by atoms with van der Waals surface area (Å²) in [6.45, 7) is 8.03. The van der Waals surface area contributed by atoms with E-state index in [0.29, 0.717) is 11.6 Å². The van der Waals surface area contributed by atoms with Crippen LogP contribution in [0, 0.1) is 5.92 Å². The Morgan fingerprint density at radius 1 is 1.10 bits per heavy atom. The van der Waals surface area contributed by atoms with Crippen molar-refractivity contribution in [2.75, 3.05) is 23.7 Å². The normalized spacial score (nSPS) is 18.4. The number of carbonyl (C=O) groups excluding carboxylic acids is 2. The van der Waals surface area contributed by atoms with Gasteiger partial charge in [0.2, 0.25) is 11.8 Å². The van der Waals surface area contributed by atoms with Crippen LogP contribution in [0.15, 0.2) is 36.9 Å². The summed E-state index contributed by atoms with van der Waals surface area (Å²) < 4.78 is 1.50. The number of anilines is 2. The SMILES string of the molecule is CC(C)CN1CCCC[C@H]1C(=O)Nc1ccc(NC(=O)[C@H](C)n2cncn2)cc1. The van der Waals surface area contributed by atoms with Crippen LogP contribution in [0.25, 0.3) is 0 Å². The van der Waals surface area contributed by atoms with E-state index in [9.17, 15) is 9.59 Å². The molecule has 2 atom stereocenters. The fourth-order valence-electron chi connectivity index (χ4n) is 3.62. The van der Waals surface area contributed by atoms with E-state index in [-0.39, 0.29) is 17.9 Å². The Morgan fingerprint density at radius 2 is 1.79 bits per heavy atom. The predicted octanol–water partition coefficient (Wildman–Crippen LogP) is 2.93. The summed E-state index contributed by atoms with van der Waals surface area (Å²) in [4.78, 5) is 31.3. The van der Waals surface area contributed by atoms with E-state index in [2.05, 4.69) is 39.5 Å². The van der Waals surface area contributed by atoms with Crippen LogP contribution in [0.3, 0.4) is 0 Å². The van der Waals surface area contributed by atoms with Crippen LogP contribution in [0.1, 0.15) is 46.1 Å². The fraction of sp³-hybridized carbons (Fsp3) is 0.524. The van der Waals surface area contributed by atoms with Crippen molar-refractivity contribution < 1.29 is 9.59 Å². The average Bonchev–Trinajstić information content (AvgIpc) is 3.23. The number of hydrogen-bond acceptors (Lipinski definition) is 5. The zero-order valence-corrected chi connectivity index (χ0v) is 17.3. The van der Waals surface area contributed by atoms with E-state index in [0.717, 1.165) is 38.0 Å². The van der Waals surface area contributed by atoms with Crippen LogP contribution in [0.5, 0.6) is 0 Å². The van der Waals surface area contributed by atoms with Crippen molar-refractivity contribution >= 4 is 23.2 Å². The molecule has 1 aliphatic heterocycles. The lowest BCUT2D eigenvalue weighted by Crippen LogP contribution is -2.48. The van der Waals surface area contributed by atoms with E-state index in [4.69, 9.17) is 0 Å². The lowest BCUT2D eigenvalue weighted by molar-refractivity contribution is -0.122. The molecule has 1 saturated heterocycles. The number of aromatic nitrogens is 3. The molecule has 1 fully saturated rings. The zero-order chi connectivity index (χ0) is 20.8. The van der Waals surface area contributed by atoms with E-state index in [1.807, 2.05) is 12.1 Å². The maximum atomic E-state index is 12.8. The smallest absolute Gasteiger partial charge is 0.249 e. The summed E-state index contributed by atoms with van der Waals surface area (Å²) in [5.41, 5.74) is 1.39. The molecule has 2 amide bonds. The second-order valence-electron chi connectivity index (χ2n) is 8.01. The first kappa shape index (κ1) is 21.0. The van der Waals surface area contributed by atoms with Gasteiger partial charge in [-0.15, -0.1) is 0 Å². The number of nitrogens with one attached hydrogen (secondary N) is 2. The highest BCUT2D eigenvalue weighted by Gasteiger charge is 2.28. The molecule has 0 spiro atoms. The van der Waals surface area contributed by atoms with Gasteiger partial charge in [-0.25, -0.2) is 9.67 Å². The van der Waals surface area contributed by atoms with Gasteiger partial charge in [-0.3, -0.25) is 14.5 Å². The van der Waals surface area contributed by atoms with Gasteiger partial charge in [0.1, 0.15) is 18.7 Å². The fourth-order valence-corrected chi connectivity index (χ4v) is 3.62. The van der Waals surface area contributed by atoms with Crippen LogP contribution < -0.4 is 10.6 Å². The largest absolute Gasteiger partial charge is 0.325 e. The minimum atomic E-state index is -0.463. The Bertz CT molecular complexity index is 803. The monoisotopic (exact) mass is 398 g/mol. The molecular weight excluding hydrogens is 368 g/mol. The molecule has 0 unspecified atom stereocenters. The van der Waals surface area contributed by atoms with Crippen LogP contribution in [-0.4, -0.2) is 50.6 Å². The minimum absolute atomic E-state index is 0.0435. The van der Waals surface area contributed by atoms with Gasteiger partial charge < -0.3 is 10.6 Å². The molecule has 156 valence electrons. The highest BCUT2D eigenvalue weighted by Crippen LogP contribution is 2.21. The van der Waals surface area contributed by atoms with Gasteiger partial charge in [-0.05, 0) is 56.5 Å². The van der Waals surface area contributed by atoms with E-state index < -0.39 is 6.04 Å². The number of hydrogen-bond donors (Lipinski definition) is 2. The molecule has 8 heteroatoms. The van der Waals surface area contributed by atoms with Gasteiger partial charge in [0.25, 0.3) is 0 Å². The summed E-state index contributed by atoms with van der Waals surface area (Å²) in [5, 5.41) is 9.87. The molecule has 2 aromatic rings. The quantitative estimate of drug-likeness (QED) is 0.748. The Labute approximate surface area is 171 Å². The predicted molar refractivity (Wildman–Crippen MR) is 112 cm³/mol. The van der Waals surface area contributed by atoms with Crippen LogP contribution in [0.4, 0.5) is 11.4 Å². The van der Waals surface area contributed by atoms with E-state index >= 15 is 0 Å². The number of amides is 2. The molecule has 1 aromatic carbocycles. The van der Waals surface area contributed by atoms with Crippen LogP contribution in [0.2, 0.25) is 0 Å². The highest BCUT2D eigenvalue weighted by molar-refractivity contribution is 5.96. The number of likely N-dealkylation sites (tertiary alicyclic amines) is 1. The zero-order valence-electron chi connectivity index (χ0n) is 17.3. The molecular formula is C21H30N6O2. The maximum absolute atomic E-state index is 12.8. The van der Waals surface area contributed by atoms with Crippen molar-refractivity contribution in [1.82, 2.24) is 19.7 Å². The topological polar surface area (TPSA) is 92.2 Å². The number of benzene rings is 1. The van der Waals surface area contributed by atoms with E-state index in [1.165, 1.54) is 17.3 Å². The Kier molecular flexibility index (Phi) is 6.98. The van der Waals surface area contributed by atoms with Crippen molar-refractivity contribution in [3.63, 3.8) is 0 Å². The van der Waals surface area contributed by atoms with Crippen molar-refractivity contribution in [2.45, 2.75) is 52.1 Å². The van der Waals surface area contributed by atoms with Gasteiger partial charge in [0.05, 0.1) is 6.04 Å². The van der Waals surface area contributed by atoms with Crippen molar-refractivity contribution in [1.29, 1.82) is 0 Å². The first-order valence-corrected chi connectivity index (χ1v) is 10.2. The molecule has 0 radical (unpaired) electrons. The summed E-state index contributed by atoms with van der Waals surface area (Å²) in [6, 6.07) is 6.65. The van der Waals surface area contributed by atoms with Crippen molar-refractivity contribution in [3.8, 4) is 0 Å². The van der Waals surface area contributed by atoms with Crippen LogP contribution in [-0.2, 0) is 9.59 Å². The average molecular weight is 399 g/mol. The first-order chi connectivity index (χ1) is 13.9. The number of rotatable bonds is 7. The van der Waals surface area contributed by atoms with Gasteiger partial charge in [0.15, 0.2) is 0 Å². The second-order valence-corrected chi connectivity index (χ2v) is 8.01. The van der Waals surface area contributed by atoms with Gasteiger partial charge in [-0.2, -0.15) is 5.10 Å². The van der Waals surface area contributed by atoms with Gasteiger partial charge >= 0.3 is 0 Å². The second kappa shape index (κ2) is 9.65. The molecule has 2 N–H and O–H groups in total. The molecule has 0 bridgehead atoms. The molecule has 0 saturated carbocycles. The standard InChI is InChI=1S/C21H30N6O2/c1-15(2)12-26-11-5-4-6-19(26)21(29)25-18-9-7-17(8-10-18)24-20(28)16(3)27-14-22-13-23-27/h7-10,13-16,19H,4-6,11-12H2,1-3H3,(H,24,28)(H,25,29)/t16-,19-/m0/s1. The van der Waals surface area contributed by atoms with Crippen molar-refractivity contribution in [3.05, 3.63) is 36.9 Å². The summed E-state index contributed by atoms with van der Waals surface area (Å²) in [7, 11) is 0. The lowest BCUT2D eigenvalue weighted by atomic mass is 9.99. The molecule has 3 rings (SSSR count). The number of piperidine rings is 1. The third-order valence-electron chi connectivity index (χ3n) is 5.15. The highest BCUT2D eigenvalue weighted by atomic mass is 16.2. The summed E-state index contributed by atoms with van der Waals surface area (Å²) in [5.74, 6) is 0.395. The van der Waals surface area contributed by atoms with E-state index in [1.54, 1.807) is 19.1 Å². The first-order valence-electron chi connectivity index (χ1n) is 10.2. The third kappa shape index (κ3) is 5.63. The Balaban J connectivity index is 1.57. The van der Waals surface area contributed by atoms with Crippen LogP contribution >= 0.6 is 0 Å².